The highest BCUT2D eigenvalue weighted by molar-refractivity contribution is 6.30. The zero-order chi connectivity index (χ0) is 27.6. The molecule has 1 aliphatic rings. The van der Waals surface area contributed by atoms with Crippen LogP contribution in [0.5, 0.6) is 0 Å². The number of aromatic nitrogens is 3. The number of rotatable bonds is 13. The van der Waals surface area contributed by atoms with Crippen LogP contribution in [0.4, 0.5) is 5.69 Å². The van der Waals surface area contributed by atoms with Crippen molar-refractivity contribution in [2.45, 2.75) is 52.3 Å². The van der Waals surface area contributed by atoms with Gasteiger partial charge in [0.2, 0.25) is 0 Å². The minimum absolute atomic E-state index is 0.118. The van der Waals surface area contributed by atoms with Crippen LogP contribution in [0.2, 0.25) is 5.02 Å². The predicted octanol–water partition coefficient (Wildman–Crippen LogP) is 6.46. The molecule has 7 nitrogen and oxygen atoms in total. The molecule has 0 amide bonds. The number of ether oxygens (including phenoxy) is 1. The molecule has 0 fully saturated rings. The first-order valence-electron chi connectivity index (χ1n) is 13.6. The Morgan fingerprint density at radius 1 is 1.31 bits per heavy atom. The molecule has 1 N–H and O–H groups in total. The van der Waals surface area contributed by atoms with Gasteiger partial charge in [0.1, 0.15) is 5.82 Å². The number of allylic oxidation sites excluding steroid dienone is 4. The van der Waals surface area contributed by atoms with E-state index in [1.165, 1.54) is 5.57 Å². The van der Waals surface area contributed by atoms with Crippen LogP contribution in [-0.2, 0) is 24.2 Å². The third kappa shape index (κ3) is 7.88. The molecular weight excluding hydrogens is 508 g/mol. The summed E-state index contributed by atoms with van der Waals surface area (Å²) in [6, 6.07) is 10.2. The van der Waals surface area contributed by atoms with Crippen LogP contribution in [0.3, 0.4) is 0 Å². The molecule has 1 aromatic carbocycles. The Hall–Kier alpha value is -3.26. The van der Waals surface area contributed by atoms with Gasteiger partial charge in [-0.3, -0.25) is 14.9 Å². The molecule has 0 bridgehead atoms. The number of fused-ring (bicyclic) bond motifs is 1. The van der Waals surface area contributed by atoms with Crippen molar-refractivity contribution in [3.8, 4) is 0 Å². The average molecular weight is 547 g/mol. The van der Waals surface area contributed by atoms with Gasteiger partial charge in [-0.15, -0.1) is 0 Å². The van der Waals surface area contributed by atoms with Gasteiger partial charge in [-0.2, -0.15) is 0 Å². The average Bonchev–Trinajstić information content (AvgIpc) is 3.29. The van der Waals surface area contributed by atoms with Gasteiger partial charge >= 0.3 is 0 Å². The van der Waals surface area contributed by atoms with E-state index in [9.17, 15) is 0 Å². The summed E-state index contributed by atoms with van der Waals surface area (Å²) in [5.74, 6) is 1.07. The van der Waals surface area contributed by atoms with Crippen LogP contribution in [0.1, 0.15) is 38.2 Å². The van der Waals surface area contributed by atoms with Gasteiger partial charge in [-0.05, 0) is 68.5 Å². The lowest BCUT2D eigenvalue weighted by atomic mass is 10.0. The molecule has 39 heavy (non-hydrogen) atoms. The summed E-state index contributed by atoms with van der Waals surface area (Å²) in [4.78, 5) is 16.1. The number of pyridine rings is 1. The maximum Gasteiger partial charge on any atom is 0.124 e. The lowest BCUT2D eigenvalue weighted by Crippen LogP contribution is -2.30. The molecule has 0 aliphatic carbocycles. The van der Waals surface area contributed by atoms with Crippen LogP contribution in [-0.4, -0.2) is 59.0 Å². The Bertz CT molecular complexity index is 1340. The number of nitrogens with one attached hydrogen (secondary N) is 1. The Balaban J connectivity index is 1.44. The molecule has 0 spiro atoms. The normalized spacial score (nSPS) is 15.6. The lowest BCUT2D eigenvalue weighted by molar-refractivity contribution is 0.0545. The molecule has 3 aromatic rings. The van der Waals surface area contributed by atoms with Crippen LogP contribution in [0, 0.1) is 0 Å². The van der Waals surface area contributed by atoms with Crippen molar-refractivity contribution in [3.05, 3.63) is 88.6 Å². The molecule has 1 aliphatic heterocycles. The Labute approximate surface area is 237 Å². The molecule has 0 saturated carbocycles. The van der Waals surface area contributed by atoms with Crippen molar-refractivity contribution in [1.82, 2.24) is 19.4 Å². The number of hydrogen-bond donors (Lipinski definition) is 1. The van der Waals surface area contributed by atoms with E-state index < -0.39 is 0 Å². The fraction of sp³-hybridized carbons (Fsp3) is 0.387. The highest BCUT2D eigenvalue weighted by Crippen LogP contribution is 2.25. The van der Waals surface area contributed by atoms with Crippen molar-refractivity contribution in [1.29, 1.82) is 0 Å². The highest BCUT2D eigenvalue weighted by atomic mass is 35.5. The van der Waals surface area contributed by atoms with E-state index in [1.54, 1.807) is 6.20 Å². The number of hydrogen-bond acceptors (Lipinski definition) is 6. The van der Waals surface area contributed by atoms with Crippen molar-refractivity contribution in [2.24, 2.45) is 4.99 Å². The second kappa shape index (κ2) is 14.2. The molecule has 8 heteroatoms. The summed E-state index contributed by atoms with van der Waals surface area (Å²) in [5, 5.41) is 3.87. The molecular formula is C31H39ClN6O. The van der Waals surface area contributed by atoms with Gasteiger partial charge in [0.15, 0.2) is 0 Å². The topological polar surface area (TPSA) is 67.6 Å². The fourth-order valence-corrected chi connectivity index (χ4v) is 4.82. The minimum atomic E-state index is 0.118. The summed E-state index contributed by atoms with van der Waals surface area (Å²) >= 11 is 5.92. The molecule has 4 rings (SSSR count). The number of imidazole rings is 1. The standard InChI is InChI=1S/C31H39ClN6O/c1-5-18-39-23(2)21-38-30-13-12-27(33-3)19-29(30)36-31(38)22-37-16-14-24(15-17-37)28(34-4)9-7-6-8-26-11-10-25(32)20-35-26/h6-7,9-14,19-20,23,33H,4-5,8,15-18,21-22H2,1-3H3/b7-6-,28-9-. The van der Waals surface area contributed by atoms with Gasteiger partial charge in [0, 0.05) is 50.7 Å². The third-order valence-electron chi connectivity index (χ3n) is 6.83. The molecule has 1 unspecified atom stereocenters. The highest BCUT2D eigenvalue weighted by Gasteiger charge is 2.19. The van der Waals surface area contributed by atoms with Crippen molar-refractivity contribution < 1.29 is 4.74 Å². The molecule has 0 saturated heterocycles. The molecule has 2 aromatic heterocycles. The maximum absolute atomic E-state index is 6.01. The maximum atomic E-state index is 6.01. The first-order chi connectivity index (χ1) is 19.0. The van der Waals surface area contributed by atoms with Crippen LogP contribution in [0.15, 0.2) is 77.1 Å². The van der Waals surface area contributed by atoms with E-state index in [-0.39, 0.29) is 6.10 Å². The zero-order valence-corrected chi connectivity index (χ0v) is 24.0. The van der Waals surface area contributed by atoms with Crippen molar-refractivity contribution in [3.63, 3.8) is 0 Å². The molecule has 1 atom stereocenters. The largest absolute Gasteiger partial charge is 0.388 e. The second-order valence-corrected chi connectivity index (χ2v) is 10.2. The second-order valence-electron chi connectivity index (χ2n) is 9.80. The van der Waals surface area contributed by atoms with Gasteiger partial charge in [0.05, 0.1) is 40.9 Å². The number of anilines is 1. The molecule has 0 radical (unpaired) electrons. The van der Waals surface area contributed by atoms with Gasteiger partial charge < -0.3 is 14.6 Å². The van der Waals surface area contributed by atoms with Gasteiger partial charge in [-0.25, -0.2) is 4.98 Å². The number of nitrogens with zero attached hydrogens (tertiary/aromatic N) is 5. The molecule has 3 heterocycles. The Morgan fingerprint density at radius 3 is 2.87 bits per heavy atom. The van der Waals surface area contributed by atoms with E-state index in [0.717, 1.165) is 86.0 Å². The third-order valence-corrected chi connectivity index (χ3v) is 7.05. The summed E-state index contributed by atoms with van der Waals surface area (Å²) < 4.78 is 8.33. The first-order valence-corrected chi connectivity index (χ1v) is 14.0. The van der Waals surface area contributed by atoms with Crippen molar-refractivity contribution in [2.75, 3.05) is 32.1 Å². The zero-order valence-electron chi connectivity index (χ0n) is 23.2. The Morgan fingerprint density at radius 2 is 2.18 bits per heavy atom. The quantitative estimate of drug-likeness (QED) is 0.197. The van der Waals surface area contributed by atoms with E-state index in [0.29, 0.717) is 5.02 Å². The smallest absolute Gasteiger partial charge is 0.124 e. The number of aliphatic imine (C=N–C) groups is 1. The van der Waals surface area contributed by atoms with Crippen LogP contribution in [0.25, 0.3) is 11.0 Å². The monoisotopic (exact) mass is 546 g/mol. The van der Waals surface area contributed by atoms with Gasteiger partial charge in [-0.1, -0.05) is 36.8 Å². The van der Waals surface area contributed by atoms with Crippen LogP contribution < -0.4 is 5.32 Å². The van der Waals surface area contributed by atoms with E-state index in [1.807, 2.05) is 31.3 Å². The van der Waals surface area contributed by atoms with Crippen molar-refractivity contribution >= 4 is 35.0 Å². The number of benzene rings is 1. The van der Waals surface area contributed by atoms with E-state index in [2.05, 4.69) is 75.7 Å². The summed E-state index contributed by atoms with van der Waals surface area (Å²) in [7, 11) is 1.94. The van der Waals surface area contributed by atoms with E-state index >= 15 is 0 Å². The Kier molecular flexibility index (Phi) is 10.5. The van der Waals surface area contributed by atoms with Crippen LogP contribution >= 0.6 is 11.6 Å². The van der Waals surface area contributed by atoms with Gasteiger partial charge in [0.25, 0.3) is 0 Å². The summed E-state index contributed by atoms with van der Waals surface area (Å²) in [6.07, 6.45) is 12.9. The SMILES string of the molecule is C=N/C(=C\C=C/Cc1ccc(Cl)cn1)C1=CCN(Cc2nc3cc(NC)ccc3n2CC(C)OCCC)CC1. The summed E-state index contributed by atoms with van der Waals surface area (Å²) in [6.45, 7) is 12.2. The minimum Gasteiger partial charge on any atom is -0.388 e. The predicted molar refractivity (Wildman–Crippen MR) is 163 cm³/mol. The van der Waals surface area contributed by atoms with E-state index in [4.69, 9.17) is 21.3 Å². The lowest BCUT2D eigenvalue weighted by Gasteiger charge is -2.26. The molecule has 206 valence electrons. The fourth-order valence-electron chi connectivity index (χ4n) is 4.71. The number of halogens is 1. The first kappa shape index (κ1) is 28.7. The summed E-state index contributed by atoms with van der Waals surface area (Å²) in [5.41, 5.74) is 6.34.